The van der Waals surface area contributed by atoms with Gasteiger partial charge in [-0.1, -0.05) is 23.2 Å². The molecule has 1 atom stereocenters. The van der Waals surface area contributed by atoms with Crippen LogP contribution in [0.5, 0.6) is 0 Å². The highest BCUT2D eigenvalue weighted by Crippen LogP contribution is 2.37. The molecule has 0 heterocycles. The number of halogens is 8. The first kappa shape index (κ1) is 27.2. The van der Waals surface area contributed by atoms with Gasteiger partial charge in [-0.2, -0.15) is 26.3 Å². The molecule has 0 fully saturated rings. The van der Waals surface area contributed by atoms with Crippen LogP contribution >= 0.6 is 47.6 Å². The van der Waals surface area contributed by atoms with Crippen LogP contribution < -0.4 is 21.3 Å². The summed E-state index contributed by atoms with van der Waals surface area (Å²) in [5.41, 5.74) is -1.83. The van der Waals surface area contributed by atoms with Gasteiger partial charge in [0, 0.05) is 24.0 Å². The van der Waals surface area contributed by atoms with E-state index in [9.17, 15) is 26.3 Å². The maximum atomic E-state index is 13.0. The highest BCUT2D eigenvalue weighted by atomic mass is 35.5. The lowest BCUT2D eigenvalue weighted by Crippen LogP contribution is -2.44. The molecule has 0 saturated heterocycles. The molecular formula is C19H16Cl2F6N4S2. The van der Waals surface area contributed by atoms with Crippen molar-refractivity contribution in [1.82, 2.24) is 10.6 Å². The van der Waals surface area contributed by atoms with Crippen molar-refractivity contribution in [3.63, 3.8) is 0 Å². The number of nitrogens with one attached hydrogen (secondary N) is 4. The Balaban J connectivity index is 1.87. The van der Waals surface area contributed by atoms with Crippen LogP contribution in [0.3, 0.4) is 0 Å². The van der Waals surface area contributed by atoms with E-state index in [4.69, 9.17) is 47.6 Å². The van der Waals surface area contributed by atoms with Gasteiger partial charge in [0.2, 0.25) is 0 Å². The van der Waals surface area contributed by atoms with E-state index in [0.29, 0.717) is 0 Å². The minimum Gasteiger partial charge on any atom is -0.360 e. The molecule has 0 amide bonds. The van der Waals surface area contributed by atoms with E-state index in [0.717, 1.165) is 24.3 Å². The van der Waals surface area contributed by atoms with E-state index in [1.54, 1.807) is 6.92 Å². The summed E-state index contributed by atoms with van der Waals surface area (Å²) >= 11 is 21.3. The third-order valence-electron chi connectivity index (χ3n) is 4.01. The third-order valence-corrected chi connectivity index (χ3v) is 5.13. The van der Waals surface area contributed by atoms with Crippen molar-refractivity contribution < 1.29 is 26.3 Å². The molecule has 0 unspecified atom stereocenters. The number of hydrogen-bond donors (Lipinski definition) is 4. The van der Waals surface area contributed by atoms with E-state index >= 15 is 0 Å². The number of rotatable bonds is 5. The molecular weight excluding hydrogens is 533 g/mol. The lowest BCUT2D eigenvalue weighted by atomic mass is 10.2. The van der Waals surface area contributed by atoms with Gasteiger partial charge in [0.05, 0.1) is 21.2 Å². The lowest BCUT2D eigenvalue weighted by Gasteiger charge is -2.20. The Hall–Kier alpha value is -2.02. The van der Waals surface area contributed by atoms with Gasteiger partial charge in [0.15, 0.2) is 10.2 Å². The Bertz CT molecular complexity index is 1030. The average Bonchev–Trinajstić information content (AvgIpc) is 2.67. The summed E-state index contributed by atoms with van der Waals surface area (Å²) in [7, 11) is 0. The molecule has 14 heteroatoms. The van der Waals surface area contributed by atoms with Gasteiger partial charge in [0.25, 0.3) is 0 Å². The van der Waals surface area contributed by atoms with E-state index in [2.05, 4.69) is 21.3 Å². The standard InChI is InChI=1S/C19H16Cl2F6N4S2/c1-9(29-17(33)31-11-3-5-15(21)13(7-11)19(25,26)27)8-28-16(32)30-10-2-4-14(20)12(6-10)18(22,23)24/h2-7,9H,8H2,1H3,(H2,28,30,32)(H2,29,31,33)/t9-/m0/s1. The molecule has 180 valence electrons. The molecule has 0 aromatic heterocycles. The highest BCUT2D eigenvalue weighted by molar-refractivity contribution is 7.80. The van der Waals surface area contributed by atoms with Crippen molar-refractivity contribution in [1.29, 1.82) is 0 Å². The molecule has 0 radical (unpaired) electrons. The summed E-state index contributed by atoms with van der Waals surface area (Å²) in [5, 5.41) is 10.1. The van der Waals surface area contributed by atoms with Crippen LogP contribution in [-0.2, 0) is 12.4 Å². The first-order chi connectivity index (χ1) is 15.2. The molecule has 2 aromatic rings. The SMILES string of the molecule is C[C@@H](CNC(=S)Nc1ccc(Cl)c(C(F)(F)F)c1)NC(=S)Nc1ccc(Cl)c(C(F)(F)F)c1. The molecule has 4 N–H and O–H groups in total. The Kier molecular flexibility index (Phi) is 9.02. The van der Waals surface area contributed by atoms with Crippen LogP contribution in [0.2, 0.25) is 10.0 Å². The van der Waals surface area contributed by atoms with Crippen LogP contribution in [0.25, 0.3) is 0 Å². The zero-order valence-electron chi connectivity index (χ0n) is 16.6. The second-order valence-corrected chi connectivity index (χ2v) is 8.35. The van der Waals surface area contributed by atoms with Crippen molar-refractivity contribution in [2.45, 2.75) is 25.3 Å². The van der Waals surface area contributed by atoms with E-state index in [1.807, 2.05) is 0 Å². The number of hydrogen-bond acceptors (Lipinski definition) is 2. The quantitative estimate of drug-likeness (QED) is 0.246. The zero-order valence-corrected chi connectivity index (χ0v) is 19.7. The minimum atomic E-state index is -4.62. The molecule has 33 heavy (non-hydrogen) atoms. The lowest BCUT2D eigenvalue weighted by molar-refractivity contribution is -0.138. The van der Waals surface area contributed by atoms with Gasteiger partial charge in [-0.05, 0) is 67.8 Å². The van der Waals surface area contributed by atoms with Gasteiger partial charge in [-0.25, -0.2) is 0 Å². The molecule has 0 bridgehead atoms. The molecule has 2 aromatic carbocycles. The van der Waals surface area contributed by atoms with Crippen LogP contribution in [0.1, 0.15) is 18.1 Å². The van der Waals surface area contributed by atoms with Crippen molar-refractivity contribution in [2.75, 3.05) is 17.2 Å². The molecule has 4 nitrogen and oxygen atoms in total. The number of benzene rings is 2. The summed E-state index contributed by atoms with van der Waals surface area (Å²) in [4.78, 5) is 0. The third kappa shape index (κ3) is 8.36. The number of anilines is 2. The smallest absolute Gasteiger partial charge is 0.360 e. The molecule has 0 spiro atoms. The van der Waals surface area contributed by atoms with E-state index in [-0.39, 0.29) is 34.2 Å². The maximum absolute atomic E-state index is 13.0. The van der Waals surface area contributed by atoms with Gasteiger partial charge >= 0.3 is 12.4 Å². The van der Waals surface area contributed by atoms with Crippen molar-refractivity contribution >= 4 is 69.2 Å². The fraction of sp³-hybridized carbons (Fsp3) is 0.263. The summed E-state index contributed by atoms with van der Waals surface area (Å²) < 4.78 is 77.7. The summed E-state index contributed by atoms with van der Waals surface area (Å²) in [5.74, 6) is 0. The first-order valence-corrected chi connectivity index (χ1v) is 10.6. The Morgan fingerprint density at radius 3 is 1.67 bits per heavy atom. The Labute approximate surface area is 206 Å². The number of alkyl halides is 6. The van der Waals surface area contributed by atoms with Crippen LogP contribution in [0.4, 0.5) is 37.7 Å². The predicted molar refractivity (Wildman–Crippen MR) is 126 cm³/mol. The van der Waals surface area contributed by atoms with Gasteiger partial charge in [0.1, 0.15) is 0 Å². The zero-order chi connectivity index (χ0) is 25.0. The normalized spacial score (nSPS) is 12.6. The van der Waals surface area contributed by atoms with E-state index in [1.165, 1.54) is 12.1 Å². The maximum Gasteiger partial charge on any atom is 0.417 e. The van der Waals surface area contributed by atoms with Crippen molar-refractivity contribution in [3.05, 3.63) is 57.6 Å². The second kappa shape index (κ2) is 10.9. The average molecular weight is 549 g/mol. The molecule has 0 aliphatic rings. The molecule has 0 saturated carbocycles. The largest absolute Gasteiger partial charge is 0.417 e. The minimum absolute atomic E-state index is 0.0468. The van der Waals surface area contributed by atoms with Crippen LogP contribution in [-0.4, -0.2) is 22.8 Å². The Morgan fingerprint density at radius 2 is 1.24 bits per heavy atom. The second-order valence-electron chi connectivity index (χ2n) is 6.72. The van der Waals surface area contributed by atoms with Gasteiger partial charge in [-0.3, -0.25) is 0 Å². The van der Waals surface area contributed by atoms with Crippen LogP contribution in [0, 0.1) is 0 Å². The molecule has 0 aliphatic heterocycles. The predicted octanol–water partition coefficient (Wildman–Crippen LogP) is 6.69. The van der Waals surface area contributed by atoms with Crippen molar-refractivity contribution in [3.8, 4) is 0 Å². The fourth-order valence-corrected chi connectivity index (χ4v) is 3.47. The topological polar surface area (TPSA) is 48.1 Å². The monoisotopic (exact) mass is 548 g/mol. The molecule has 2 rings (SSSR count). The van der Waals surface area contributed by atoms with Crippen molar-refractivity contribution in [2.24, 2.45) is 0 Å². The van der Waals surface area contributed by atoms with E-state index < -0.39 is 33.5 Å². The Morgan fingerprint density at radius 1 is 0.818 bits per heavy atom. The van der Waals surface area contributed by atoms with Gasteiger partial charge in [-0.15, -0.1) is 0 Å². The summed E-state index contributed by atoms with van der Waals surface area (Å²) in [6.07, 6.45) is -9.23. The number of thiocarbonyl (C=S) groups is 2. The first-order valence-electron chi connectivity index (χ1n) is 9.02. The summed E-state index contributed by atoms with van der Waals surface area (Å²) in [6, 6.07) is 6.20. The molecule has 0 aliphatic carbocycles. The van der Waals surface area contributed by atoms with Gasteiger partial charge < -0.3 is 21.3 Å². The highest BCUT2D eigenvalue weighted by Gasteiger charge is 2.34. The van der Waals surface area contributed by atoms with Crippen LogP contribution in [0.15, 0.2) is 36.4 Å². The summed E-state index contributed by atoms with van der Waals surface area (Å²) in [6.45, 7) is 1.90. The fourth-order valence-electron chi connectivity index (χ4n) is 2.50.